The van der Waals surface area contributed by atoms with Gasteiger partial charge in [0, 0.05) is 16.1 Å². The van der Waals surface area contributed by atoms with Crippen LogP contribution < -0.4 is 11.1 Å². The van der Waals surface area contributed by atoms with Crippen LogP contribution in [0.1, 0.15) is 24.8 Å². The molecule has 0 spiro atoms. The summed E-state index contributed by atoms with van der Waals surface area (Å²) >= 11 is 3.66. The molecule has 3 rings (SSSR count). The van der Waals surface area contributed by atoms with Crippen LogP contribution in [0.15, 0.2) is 58.1 Å². The first-order valence-electron chi connectivity index (χ1n) is 7.43. The van der Waals surface area contributed by atoms with E-state index >= 15 is 0 Å². The third kappa shape index (κ3) is 3.14. The number of benzene rings is 1. The number of aliphatic imine (C=N–C) groups is 1. The van der Waals surface area contributed by atoms with Crippen LogP contribution in [0.3, 0.4) is 0 Å². The fourth-order valence-corrected chi connectivity index (χ4v) is 3.56. The number of aromatic nitrogens is 1. The number of guanidine groups is 1. The summed E-state index contributed by atoms with van der Waals surface area (Å²) in [4.78, 5) is 8.74. The quantitative estimate of drug-likeness (QED) is 0.646. The van der Waals surface area contributed by atoms with Gasteiger partial charge in [-0.2, -0.15) is 0 Å². The van der Waals surface area contributed by atoms with Gasteiger partial charge in [-0.1, -0.05) is 46.6 Å². The Kier molecular flexibility index (Phi) is 4.43. The zero-order chi connectivity index (χ0) is 15.4. The number of nitrogens with two attached hydrogens (primary N) is 1. The summed E-state index contributed by atoms with van der Waals surface area (Å²) in [6, 6.07) is 14.1. The maximum atomic E-state index is 6.00. The molecule has 0 radical (unpaired) electrons. The van der Waals surface area contributed by atoms with Gasteiger partial charge in [-0.05, 0) is 36.6 Å². The van der Waals surface area contributed by atoms with Crippen LogP contribution in [0.2, 0.25) is 0 Å². The van der Waals surface area contributed by atoms with Crippen molar-refractivity contribution in [3.63, 3.8) is 0 Å². The van der Waals surface area contributed by atoms with Crippen molar-refractivity contribution in [3.05, 3.63) is 58.7 Å². The van der Waals surface area contributed by atoms with Crippen molar-refractivity contribution in [1.82, 2.24) is 4.98 Å². The van der Waals surface area contributed by atoms with Crippen molar-refractivity contribution in [3.8, 4) is 0 Å². The molecule has 3 N–H and O–H groups in total. The van der Waals surface area contributed by atoms with E-state index in [0.717, 1.165) is 17.3 Å². The van der Waals surface area contributed by atoms with E-state index in [1.165, 1.54) is 12.0 Å². The van der Waals surface area contributed by atoms with Crippen LogP contribution in [0.4, 0.5) is 5.82 Å². The normalized spacial score (nSPS) is 16.9. The van der Waals surface area contributed by atoms with E-state index in [4.69, 9.17) is 5.73 Å². The van der Waals surface area contributed by atoms with E-state index in [2.05, 4.69) is 49.4 Å². The van der Waals surface area contributed by atoms with E-state index < -0.39 is 0 Å². The Morgan fingerprint density at radius 3 is 2.64 bits per heavy atom. The van der Waals surface area contributed by atoms with Crippen LogP contribution in [0.5, 0.6) is 0 Å². The zero-order valence-electron chi connectivity index (χ0n) is 12.3. The molecule has 4 nitrogen and oxygen atoms in total. The number of pyridine rings is 1. The van der Waals surface area contributed by atoms with Crippen molar-refractivity contribution in [2.75, 3.05) is 11.9 Å². The van der Waals surface area contributed by atoms with E-state index in [0.29, 0.717) is 18.3 Å². The molecule has 5 heteroatoms. The van der Waals surface area contributed by atoms with Gasteiger partial charge in [-0.3, -0.25) is 4.99 Å². The minimum atomic E-state index is 0.108. The maximum Gasteiger partial charge on any atom is 0.194 e. The van der Waals surface area contributed by atoms with E-state index in [1.54, 1.807) is 6.20 Å². The molecule has 1 aliphatic rings. The standard InChI is InChI=1S/C17H19BrN4/c18-14-7-2-1-6-13(14)17(9-5-10-17)12-21-16(19)22-15-8-3-4-11-20-15/h1-4,6-8,11H,5,9-10,12H2,(H3,19,20,21,22). The molecule has 0 amide bonds. The first-order valence-corrected chi connectivity index (χ1v) is 8.22. The molecule has 0 atom stereocenters. The first-order chi connectivity index (χ1) is 10.7. The second kappa shape index (κ2) is 6.48. The summed E-state index contributed by atoms with van der Waals surface area (Å²) in [7, 11) is 0. The molecule has 1 aliphatic carbocycles. The highest BCUT2D eigenvalue weighted by Gasteiger charge is 2.39. The molecular weight excluding hydrogens is 340 g/mol. The molecule has 1 heterocycles. The van der Waals surface area contributed by atoms with Gasteiger partial charge in [0.1, 0.15) is 5.82 Å². The molecule has 0 saturated heterocycles. The summed E-state index contributed by atoms with van der Waals surface area (Å²) in [5, 5.41) is 3.03. The Hall–Kier alpha value is -1.88. The molecule has 0 bridgehead atoms. The molecule has 2 aromatic rings. The molecule has 1 aromatic carbocycles. The first kappa shape index (κ1) is 15.0. The summed E-state index contributed by atoms with van der Waals surface area (Å²) in [6.45, 7) is 0.696. The highest BCUT2D eigenvalue weighted by Crippen LogP contribution is 2.46. The Balaban J connectivity index is 1.73. The lowest BCUT2D eigenvalue weighted by molar-refractivity contribution is 0.252. The monoisotopic (exact) mass is 358 g/mol. The van der Waals surface area contributed by atoms with Crippen LogP contribution in [0, 0.1) is 0 Å². The van der Waals surface area contributed by atoms with Gasteiger partial charge in [0.25, 0.3) is 0 Å². The smallest absolute Gasteiger partial charge is 0.194 e. The second-order valence-electron chi connectivity index (χ2n) is 5.66. The summed E-state index contributed by atoms with van der Waals surface area (Å²) < 4.78 is 1.15. The highest BCUT2D eigenvalue weighted by molar-refractivity contribution is 9.10. The molecule has 1 fully saturated rings. The SMILES string of the molecule is NC(=NCC1(c2ccccc2Br)CCC1)Nc1ccccn1. The lowest BCUT2D eigenvalue weighted by Crippen LogP contribution is -2.39. The number of rotatable bonds is 4. The third-order valence-corrected chi connectivity index (χ3v) is 4.92. The minimum absolute atomic E-state index is 0.108. The number of anilines is 1. The van der Waals surface area contributed by atoms with Gasteiger partial charge in [0.2, 0.25) is 0 Å². The number of hydrogen-bond donors (Lipinski definition) is 2. The Morgan fingerprint density at radius 1 is 1.23 bits per heavy atom. The average molecular weight is 359 g/mol. The van der Waals surface area contributed by atoms with Crippen molar-refractivity contribution < 1.29 is 0 Å². The summed E-state index contributed by atoms with van der Waals surface area (Å²) in [5.41, 5.74) is 7.43. The summed E-state index contributed by atoms with van der Waals surface area (Å²) in [6.07, 6.45) is 5.26. The third-order valence-electron chi connectivity index (χ3n) is 4.23. The predicted molar refractivity (Wildman–Crippen MR) is 94.0 cm³/mol. The van der Waals surface area contributed by atoms with Crippen LogP contribution >= 0.6 is 15.9 Å². The van der Waals surface area contributed by atoms with Crippen LogP contribution in [-0.2, 0) is 5.41 Å². The van der Waals surface area contributed by atoms with Gasteiger partial charge < -0.3 is 11.1 Å². The fourth-order valence-electron chi connectivity index (χ4n) is 2.85. The van der Waals surface area contributed by atoms with Gasteiger partial charge in [-0.15, -0.1) is 0 Å². The molecule has 1 saturated carbocycles. The average Bonchev–Trinajstić information content (AvgIpc) is 2.49. The van der Waals surface area contributed by atoms with E-state index in [9.17, 15) is 0 Å². The Labute approximate surface area is 139 Å². The van der Waals surface area contributed by atoms with Crippen molar-refractivity contribution in [1.29, 1.82) is 0 Å². The number of nitrogens with one attached hydrogen (secondary N) is 1. The van der Waals surface area contributed by atoms with E-state index in [-0.39, 0.29) is 5.41 Å². The minimum Gasteiger partial charge on any atom is -0.370 e. The van der Waals surface area contributed by atoms with E-state index in [1.807, 2.05) is 24.3 Å². The highest BCUT2D eigenvalue weighted by atomic mass is 79.9. The van der Waals surface area contributed by atoms with Crippen molar-refractivity contribution in [2.45, 2.75) is 24.7 Å². The lowest BCUT2D eigenvalue weighted by atomic mass is 9.64. The second-order valence-corrected chi connectivity index (χ2v) is 6.51. The number of halogens is 1. The number of hydrogen-bond acceptors (Lipinski definition) is 2. The predicted octanol–water partition coefficient (Wildman–Crippen LogP) is 3.69. The molecule has 0 aliphatic heterocycles. The van der Waals surface area contributed by atoms with Crippen molar-refractivity contribution in [2.24, 2.45) is 10.7 Å². The fraction of sp³-hybridized carbons (Fsp3) is 0.294. The molecule has 114 valence electrons. The topological polar surface area (TPSA) is 63.3 Å². The largest absolute Gasteiger partial charge is 0.370 e. The van der Waals surface area contributed by atoms with Gasteiger partial charge >= 0.3 is 0 Å². The van der Waals surface area contributed by atoms with Gasteiger partial charge in [0.15, 0.2) is 5.96 Å². The van der Waals surface area contributed by atoms with Crippen molar-refractivity contribution >= 4 is 27.7 Å². The van der Waals surface area contributed by atoms with Gasteiger partial charge in [0.05, 0.1) is 6.54 Å². The van der Waals surface area contributed by atoms with Gasteiger partial charge in [-0.25, -0.2) is 4.98 Å². The molecule has 22 heavy (non-hydrogen) atoms. The lowest BCUT2D eigenvalue weighted by Gasteiger charge is -2.42. The Morgan fingerprint density at radius 2 is 2.00 bits per heavy atom. The number of nitrogens with zero attached hydrogens (tertiary/aromatic N) is 2. The molecular formula is C17H19BrN4. The van der Waals surface area contributed by atoms with Crippen LogP contribution in [0.25, 0.3) is 0 Å². The molecule has 0 unspecified atom stereocenters. The van der Waals surface area contributed by atoms with Crippen LogP contribution in [-0.4, -0.2) is 17.5 Å². The zero-order valence-corrected chi connectivity index (χ0v) is 13.9. The summed E-state index contributed by atoms with van der Waals surface area (Å²) in [5.74, 6) is 1.13. The molecule has 1 aromatic heterocycles. The maximum absolute atomic E-state index is 6.00. The Bertz CT molecular complexity index is 665.